The first-order valence-corrected chi connectivity index (χ1v) is 25.1. The Morgan fingerprint density at radius 2 is 1.06 bits per heavy atom. The van der Waals surface area contributed by atoms with Crippen LogP contribution >= 0.6 is 0 Å². The Labute approximate surface area is 400 Å². The van der Waals surface area contributed by atoms with E-state index in [1.165, 1.54) is 16.7 Å². The molecule has 11 nitrogen and oxygen atoms in total. The van der Waals surface area contributed by atoms with Crippen molar-refractivity contribution in [2.45, 2.75) is 199 Å². The van der Waals surface area contributed by atoms with Crippen molar-refractivity contribution in [1.82, 2.24) is 0 Å². The number of allylic oxidation sites excluding steroid dienone is 6. The molecule has 3 aliphatic carbocycles. The summed E-state index contributed by atoms with van der Waals surface area (Å²) in [6, 6.07) is 7.80. The van der Waals surface area contributed by atoms with Gasteiger partial charge in [0.15, 0.2) is 0 Å². The van der Waals surface area contributed by atoms with Crippen molar-refractivity contribution in [1.29, 1.82) is 0 Å². The average molecular weight is 929 g/mol. The summed E-state index contributed by atoms with van der Waals surface area (Å²) in [5.41, 5.74) is 4.97. The Kier molecular flexibility index (Phi) is 16.1. The van der Waals surface area contributed by atoms with Crippen molar-refractivity contribution in [3.8, 4) is 5.75 Å². The van der Waals surface area contributed by atoms with E-state index in [9.17, 15) is 14.4 Å². The van der Waals surface area contributed by atoms with Gasteiger partial charge in [0.05, 0.1) is 54.9 Å². The Balaban J connectivity index is 0.000000152. The number of rotatable bonds is 7. The van der Waals surface area contributed by atoms with Crippen LogP contribution in [0, 0.1) is 35.5 Å². The first-order chi connectivity index (χ1) is 31.6. The van der Waals surface area contributed by atoms with E-state index < -0.39 is 0 Å². The van der Waals surface area contributed by atoms with E-state index in [0.717, 1.165) is 94.8 Å². The minimum absolute atomic E-state index is 0. The lowest BCUT2D eigenvalue weighted by molar-refractivity contribution is -0.146. The molecule has 6 aliphatic heterocycles. The van der Waals surface area contributed by atoms with Gasteiger partial charge in [-0.15, -0.1) is 6.58 Å². The predicted octanol–water partition coefficient (Wildman–Crippen LogP) is 10.9. The van der Waals surface area contributed by atoms with Crippen LogP contribution in [0.3, 0.4) is 0 Å². The Hall–Kier alpha value is -3.77. The van der Waals surface area contributed by atoms with Crippen LogP contribution in [-0.4, -0.2) is 85.1 Å². The van der Waals surface area contributed by atoms with Crippen LogP contribution in [0.25, 0.3) is 0 Å². The molecule has 0 saturated carbocycles. The van der Waals surface area contributed by atoms with Gasteiger partial charge in [0, 0.05) is 17.8 Å². The van der Waals surface area contributed by atoms with Crippen LogP contribution in [0.4, 0.5) is 0 Å². The number of carbonyl (C=O) groups excluding carboxylic acids is 3. The van der Waals surface area contributed by atoms with Gasteiger partial charge >= 0.3 is 17.9 Å². The van der Waals surface area contributed by atoms with Crippen molar-refractivity contribution < 1.29 is 52.3 Å². The van der Waals surface area contributed by atoms with Gasteiger partial charge < -0.3 is 37.9 Å². The average Bonchev–Trinajstić information content (AvgIpc) is 4.19. The fraction of sp³-hybridized carbons (Fsp3) is 0.696. The minimum atomic E-state index is -0.219. The second-order valence-corrected chi connectivity index (χ2v) is 21.4. The number of methoxy groups -OCH3 is 1. The maximum Gasteiger partial charge on any atom is 0.313 e. The molecule has 1 aromatic rings. The maximum absolute atomic E-state index is 12.6. The summed E-state index contributed by atoms with van der Waals surface area (Å²) in [7, 11) is 1.65. The number of hydrogen-bond donors (Lipinski definition) is 0. The lowest BCUT2D eigenvalue weighted by Gasteiger charge is -2.22. The summed E-state index contributed by atoms with van der Waals surface area (Å²) in [5.74, 6) is 0.966. The normalized spacial score (nSPS) is 42.7. The van der Waals surface area contributed by atoms with Crippen molar-refractivity contribution in [3.05, 3.63) is 77.4 Å². The molecule has 370 valence electrons. The lowest BCUT2D eigenvalue weighted by Crippen LogP contribution is -2.31. The quantitative estimate of drug-likeness (QED) is 0.112. The SMILES string of the molecule is C.C=CC1C(=O)O[C@H]2[C@H]1CC/C(C)=C/CC[C@@]1(C)O[C@@H]21.CC[C@@H]1C(=O)O[C@H]2[C@H]1CC/C(C)=C/CC[C@@]1(C)O[C@@H]21.COc1ccc(COC[C@@H]2C(=O)O[C@H]3[C@H]2CC/C(C)=C/CC[C@@]2(C)O[C@@H]32)cc1. The molecule has 0 amide bonds. The number of benzene rings is 1. The molecule has 11 heteroatoms. The van der Waals surface area contributed by atoms with Crippen LogP contribution in [-0.2, 0) is 54.1 Å². The molecule has 0 spiro atoms. The number of fused-ring (bicyclic) bond motifs is 9. The van der Waals surface area contributed by atoms with Crippen molar-refractivity contribution >= 4 is 17.9 Å². The standard InChI is InChI=1S/C23H30O5.C16H24O3.C16H22O3.CH4/c1-15-5-4-12-23(2)21(28-23)20-18(11-6-15)19(22(24)27-20)14-26-13-16-7-9-17(25-3)10-8-16;2*1-4-11-12-8-7-10(2)6-5-9-16(3)14(19-16)13(12)18-15(11)17;/h5,7-10,18-21H,4,6,11-14H2,1-3H3;6,11-14H,4-5,7-9H2,1-3H3;4,6,11-14H,1,5,7-9H2,2-3H3;1H4/b15-5+;2*10-6+;/t18-,19-,20-,21-,23+;11-,12-,13-,14-,16+;11?,12-,13-,14-,16+;/m000./s1. The molecule has 0 N–H and O–H groups in total. The van der Waals surface area contributed by atoms with Gasteiger partial charge in [-0.2, -0.15) is 0 Å². The molecule has 0 radical (unpaired) electrons. The fourth-order valence-corrected chi connectivity index (χ4v) is 11.9. The summed E-state index contributed by atoms with van der Waals surface area (Å²) in [6.45, 7) is 19.7. The van der Waals surface area contributed by atoms with Crippen LogP contribution in [0.2, 0.25) is 0 Å². The molecular formula is C56H80O11. The van der Waals surface area contributed by atoms with Gasteiger partial charge in [-0.3, -0.25) is 14.4 Å². The summed E-state index contributed by atoms with van der Waals surface area (Å²) in [5, 5.41) is 0. The van der Waals surface area contributed by atoms with Crippen molar-refractivity contribution in [2.24, 2.45) is 35.5 Å². The van der Waals surface area contributed by atoms with Gasteiger partial charge in [-0.25, -0.2) is 0 Å². The highest BCUT2D eigenvalue weighted by atomic mass is 16.7. The van der Waals surface area contributed by atoms with E-state index in [1.54, 1.807) is 13.2 Å². The number of carbonyl (C=O) groups is 3. The van der Waals surface area contributed by atoms with E-state index in [1.807, 2.05) is 24.3 Å². The van der Waals surface area contributed by atoms with E-state index in [0.29, 0.717) is 19.1 Å². The number of epoxide rings is 3. The lowest BCUT2D eigenvalue weighted by atomic mass is 9.80. The molecule has 9 aliphatic rings. The van der Waals surface area contributed by atoms with Gasteiger partial charge in [0.2, 0.25) is 0 Å². The van der Waals surface area contributed by atoms with E-state index >= 15 is 0 Å². The monoisotopic (exact) mass is 929 g/mol. The van der Waals surface area contributed by atoms with E-state index in [-0.39, 0.29) is 108 Å². The zero-order valence-electron chi connectivity index (χ0n) is 40.9. The zero-order chi connectivity index (χ0) is 47.0. The Bertz CT molecular complexity index is 2040. The first kappa shape index (κ1) is 51.1. The molecule has 6 saturated heterocycles. The first-order valence-electron chi connectivity index (χ1n) is 25.1. The molecule has 0 bridgehead atoms. The fourth-order valence-electron chi connectivity index (χ4n) is 11.9. The molecule has 15 atom stereocenters. The van der Waals surface area contributed by atoms with Gasteiger partial charge in [0.1, 0.15) is 42.4 Å². The smallest absolute Gasteiger partial charge is 0.313 e. The second kappa shape index (κ2) is 21.1. The summed E-state index contributed by atoms with van der Waals surface area (Å²) in [6.07, 6.45) is 21.9. The molecule has 0 aromatic heterocycles. The molecule has 10 rings (SSSR count). The van der Waals surface area contributed by atoms with Crippen LogP contribution in [0.1, 0.15) is 145 Å². The highest BCUT2D eigenvalue weighted by Crippen LogP contribution is 2.53. The molecule has 6 heterocycles. The molecule has 1 aromatic carbocycles. The summed E-state index contributed by atoms with van der Waals surface area (Å²) in [4.78, 5) is 36.6. The molecule has 67 heavy (non-hydrogen) atoms. The zero-order valence-corrected chi connectivity index (χ0v) is 40.9. The maximum atomic E-state index is 12.6. The highest BCUT2D eigenvalue weighted by molar-refractivity contribution is 5.77. The summed E-state index contributed by atoms with van der Waals surface area (Å²) < 4.78 is 46.0. The largest absolute Gasteiger partial charge is 0.497 e. The predicted molar refractivity (Wildman–Crippen MR) is 257 cm³/mol. The minimum Gasteiger partial charge on any atom is -0.497 e. The third-order valence-electron chi connectivity index (χ3n) is 16.5. The van der Waals surface area contributed by atoms with E-state index in [4.69, 9.17) is 37.9 Å². The Morgan fingerprint density at radius 1 is 0.642 bits per heavy atom. The van der Waals surface area contributed by atoms with Crippen LogP contribution in [0.15, 0.2) is 71.9 Å². The van der Waals surface area contributed by atoms with Crippen molar-refractivity contribution in [2.75, 3.05) is 13.7 Å². The molecule has 1 unspecified atom stereocenters. The van der Waals surface area contributed by atoms with Gasteiger partial charge in [0.25, 0.3) is 0 Å². The van der Waals surface area contributed by atoms with Gasteiger partial charge in [-0.1, -0.05) is 67.5 Å². The van der Waals surface area contributed by atoms with Crippen molar-refractivity contribution in [3.63, 3.8) is 0 Å². The topological polar surface area (TPSA) is 135 Å². The second-order valence-electron chi connectivity index (χ2n) is 21.4. The third-order valence-corrected chi connectivity index (χ3v) is 16.5. The number of esters is 3. The number of ether oxygens (including phenoxy) is 8. The van der Waals surface area contributed by atoms with Gasteiger partial charge in [-0.05, 0) is 143 Å². The Morgan fingerprint density at radius 3 is 1.51 bits per heavy atom. The highest BCUT2D eigenvalue weighted by Gasteiger charge is 2.64. The van der Waals surface area contributed by atoms with E-state index in [2.05, 4.69) is 73.3 Å². The van der Waals surface area contributed by atoms with Crippen LogP contribution < -0.4 is 4.74 Å². The van der Waals surface area contributed by atoms with Crippen LogP contribution in [0.5, 0.6) is 5.75 Å². The number of hydrogen-bond acceptors (Lipinski definition) is 11. The molecular weight excluding hydrogens is 849 g/mol. The third kappa shape index (κ3) is 11.3. The molecule has 6 fully saturated rings. The summed E-state index contributed by atoms with van der Waals surface area (Å²) >= 11 is 0.